The molecule has 0 saturated heterocycles. The highest BCUT2D eigenvalue weighted by Gasteiger charge is 2.18. The van der Waals surface area contributed by atoms with E-state index in [1.54, 1.807) is 0 Å². The molecule has 1 N–H and O–H groups in total. The summed E-state index contributed by atoms with van der Waals surface area (Å²) in [5.74, 6) is 0. The Kier molecular flexibility index (Phi) is 6.56. The van der Waals surface area contributed by atoms with E-state index in [1.165, 1.54) is 31.4 Å². The van der Waals surface area contributed by atoms with Crippen molar-refractivity contribution in [3.05, 3.63) is 28.3 Å². The van der Waals surface area contributed by atoms with Gasteiger partial charge in [0.25, 0.3) is 5.69 Å². The number of hydrogen-bond donors (Lipinski definition) is 1. The summed E-state index contributed by atoms with van der Waals surface area (Å²) < 4.78 is 28.8. The molecule has 0 aromatic heterocycles. The average Bonchev–Trinajstić information content (AvgIpc) is 2.54. The second-order valence-corrected chi connectivity index (χ2v) is 8.14. The van der Waals surface area contributed by atoms with Crippen molar-refractivity contribution in [2.24, 2.45) is 0 Å². The van der Waals surface area contributed by atoms with Gasteiger partial charge in [0.05, 0.1) is 15.9 Å². The Hall–Kier alpha value is -1.67. The molecule has 0 aliphatic heterocycles. The van der Waals surface area contributed by atoms with Crippen LogP contribution >= 0.6 is 0 Å². The van der Waals surface area contributed by atoms with E-state index in [0.717, 1.165) is 31.6 Å². The van der Waals surface area contributed by atoms with Gasteiger partial charge in [-0.15, -0.1) is 0 Å². The molecule has 0 bridgehead atoms. The van der Waals surface area contributed by atoms with Gasteiger partial charge >= 0.3 is 0 Å². The molecule has 0 unspecified atom stereocenters. The summed E-state index contributed by atoms with van der Waals surface area (Å²) >= 11 is 0. The summed E-state index contributed by atoms with van der Waals surface area (Å²) in [4.78, 5) is 10.5. The fourth-order valence-corrected chi connectivity index (χ4v) is 3.46. The SMILES string of the molecule is CS(=O)(=O)c1ccc(NCCCOC2CCCCC2)c([N+](=O)[O-])c1. The number of nitrogens with zero attached hydrogens (tertiary/aromatic N) is 1. The maximum atomic E-state index is 11.5. The highest BCUT2D eigenvalue weighted by atomic mass is 32.2. The summed E-state index contributed by atoms with van der Waals surface area (Å²) in [6.45, 7) is 1.15. The summed E-state index contributed by atoms with van der Waals surface area (Å²) in [6, 6.07) is 3.91. The Morgan fingerprint density at radius 2 is 2.00 bits per heavy atom. The second kappa shape index (κ2) is 8.43. The highest BCUT2D eigenvalue weighted by molar-refractivity contribution is 7.90. The Labute approximate surface area is 142 Å². The third-order valence-corrected chi connectivity index (χ3v) is 5.25. The van der Waals surface area contributed by atoms with Crippen molar-refractivity contribution >= 4 is 21.2 Å². The minimum Gasteiger partial charge on any atom is -0.379 e. The molecular formula is C16H24N2O5S. The number of nitro groups is 1. The van der Waals surface area contributed by atoms with Crippen LogP contribution in [0.1, 0.15) is 38.5 Å². The maximum absolute atomic E-state index is 11.5. The lowest BCUT2D eigenvalue weighted by Gasteiger charge is -2.22. The van der Waals surface area contributed by atoms with Crippen LogP contribution in [0.3, 0.4) is 0 Å². The van der Waals surface area contributed by atoms with Gasteiger partial charge in [0.15, 0.2) is 9.84 Å². The molecule has 1 saturated carbocycles. The van der Waals surface area contributed by atoms with Crippen molar-refractivity contribution in [3.8, 4) is 0 Å². The summed E-state index contributed by atoms with van der Waals surface area (Å²) in [5, 5.41) is 14.1. The monoisotopic (exact) mass is 356 g/mol. The van der Waals surface area contributed by atoms with Gasteiger partial charge < -0.3 is 10.1 Å². The maximum Gasteiger partial charge on any atom is 0.293 e. The predicted octanol–water partition coefficient (Wildman–Crippen LogP) is 3.15. The van der Waals surface area contributed by atoms with Crippen LogP contribution in [0, 0.1) is 10.1 Å². The molecule has 1 fully saturated rings. The molecule has 0 radical (unpaired) electrons. The lowest BCUT2D eigenvalue weighted by Crippen LogP contribution is -2.18. The zero-order valence-corrected chi connectivity index (χ0v) is 14.7. The van der Waals surface area contributed by atoms with E-state index in [1.807, 2.05) is 0 Å². The van der Waals surface area contributed by atoms with Gasteiger partial charge in [-0.1, -0.05) is 19.3 Å². The summed E-state index contributed by atoms with van der Waals surface area (Å²) in [7, 11) is -3.47. The van der Waals surface area contributed by atoms with Crippen LogP contribution < -0.4 is 5.32 Å². The zero-order valence-electron chi connectivity index (χ0n) is 13.9. The van der Waals surface area contributed by atoms with E-state index >= 15 is 0 Å². The molecule has 24 heavy (non-hydrogen) atoms. The van der Waals surface area contributed by atoms with Crippen LogP contribution in [0.5, 0.6) is 0 Å². The molecule has 0 atom stereocenters. The van der Waals surface area contributed by atoms with E-state index in [-0.39, 0.29) is 10.6 Å². The van der Waals surface area contributed by atoms with Gasteiger partial charge in [0.2, 0.25) is 0 Å². The zero-order chi connectivity index (χ0) is 17.6. The number of nitro benzene ring substituents is 1. The number of sulfone groups is 1. The normalized spacial score (nSPS) is 16.0. The molecule has 134 valence electrons. The largest absolute Gasteiger partial charge is 0.379 e. The van der Waals surface area contributed by atoms with Crippen molar-refractivity contribution in [2.75, 3.05) is 24.7 Å². The molecule has 1 aliphatic rings. The quantitative estimate of drug-likeness (QED) is 0.436. The Morgan fingerprint density at radius 3 is 2.62 bits per heavy atom. The standard InChI is InChI=1S/C16H24N2O5S/c1-24(21,22)14-8-9-15(16(12-14)18(19)20)17-10-5-11-23-13-6-3-2-4-7-13/h8-9,12-13,17H,2-7,10-11H2,1H3. The first kappa shape index (κ1) is 18.7. The van der Waals surface area contributed by atoms with Gasteiger partial charge in [-0.2, -0.15) is 0 Å². The minimum atomic E-state index is -3.47. The van der Waals surface area contributed by atoms with Crippen molar-refractivity contribution < 1.29 is 18.1 Å². The smallest absolute Gasteiger partial charge is 0.293 e. The van der Waals surface area contributed by atoms with Gasteiger partial charge in [0, 0.05) is 25.5 Å². The number of hydrogen-bond acceptors (Lipinski definition) is 6. The Morgan fingerprint density at radius 1 is 1.29 bits per heavy atom. The number of rotatable bonds is 8. The summed E-state index contributed by atoms with van der Waals surface area (Å²) in [5.41, 5.74) is 0.0937. The predicted molar refractivity (Wildman–Crippen MR) is 92.1 cm³/mol. The molecule has 0 heterocycles. The van der Waals surface area contributed by atoms with E-state index in [2.05, 4.69) is 5.32 Å². The van der Waals surface area contributed by atoms with Crippen LogP contribution in [0.4, 0.5) is 11.4 Å². The van der Waals surface area contributed by atoms with Gasteiger partial charge in [-0.3, -0.25) is 10.1 Å². The van der Waals surface area contributed by atoms with E-state index in [0.29, 0.717) is 24.9 Å². The number of ether oxygens (including phenoxy) is 1. The molecule has 1 aromatic rings. The third-order valence-electron chi connectivity index (χ3n) is 4.14. The molecular weight excluding hydrogens is 332 g/mol. The van der Waals surface area contributed by atoms with Crippen LogP contribution in [-0.4, -0.2) is 38.9 Å². The third kappa shape index (κ3) is 5.45. The van der Waals surface area contributed by atoms with Gasteiger partial charge in [-0.25, -0.2) is 8.42 Å². The molecule has 0 spiro atoms. The molecule has 1 aliphatic carbocycles. The van der Waals surface area contributed by atoms with Crippen LogP contribution in [0.15, 0.2) is 23.1 Å². The van der Waals surface area contributed by atoms with Crippen molar-refractivity contribution in [1.29, 1.82) is 0 Å². The van der Waals surface area contributed by atoms with Crippen molar-refractivity contribution in [1.82, 2.24) is 0 Å². The Bertz CT molecular complexity index is 669. The molecule has 7 nitrogen and oxygen atoms in total. The first-order valence-corrected chi connectivity index (χ1v) is 10.1. The van der Waals surface area contributed by atoms with E-state index in [9.17, 15) is 18.5 Å². The fraction of sp³-hybridized carbons (Fsp3) is 0.625. The number of nitrogens with one attached hydrogen (secondary N) is 1. The first-order chi connectivity index (χ1) is 11.4. The second-order valence-electron chi connectivity index (χ2n) is 6.12. The first-order valence-electron chi connectivity index (χ1n) is 8.22. The van der Waals surface area contributed by atoms with Gasteiger partial charge in [-0.05, 0) is 31.4 Å². The molecule has 8 heteroatoms. The molecule has 1 aromatic carbocycles. The van der Waals surface area contributed by atoms with E-state index in [4.69, 9.17) is 4.74 Å². The number of anilines is 1. The fourth-order valence-electron chi connectivity index (χ4n) is 2.82. The molecule has 0 amide bonds. The highest BCUT2D eigenvalue weighted by Crippen LogP contribution is 2.27. The molecule has 2 rings (SSSR count). The topological polar surface area (TPSA) is 98.5 Å². The van der Waals surface area contributed by atoms with Crippen LogP contribution in [0.25, 0.3) is 0 Å². The van der Waals surface area contributed by atoms with E-state index < -0.39 is 14.8 Å². The average molecular weight is 356 g/mol. The summed E-state index contributed by atoms with van der Waals surface area (Å²) in [6.07, 6.45) is 8.08. The lowest BCUT2D eigenvalue weighted by molar-refractivity contribution is -0.384. The van der Waals surface area contributed by atoms with Gasteiger partial charge in [0.1, 0.15) is 5.69 Å². The Balaban J connectivity index is 1.86. The van der Waals surface area contributed by atoms with Crippen LogP contribution in [0.2, 0.25) is 0 Å². The van der Waals surface area contributed by atoms with Crippen molar-refractivity contribution in [3.63, 3.8) is 0 Å². The van der Waals surface area contributed by atoms with Crippen molar-refractivity contribution in [2.45, 2.75) is 49.5 Å². The number of benzene rings is 1. The van der Waals surface area contributed by atoms with Crippen LogP contribution in [-0.2, 0) is 14.6 Å². The lowest BCUT2D eigenvalue weighted by atomic mass is 9.98. The minimum absolute atomic E-state index is 0.0552.